The van der Waals surface area contributed by atoms with Crippen molar-refractivity contribution >= 4 is 196 Å². The summed E-state index contributed by atoms with van der Waals surface area (Å²) in [6.07, 6.45) is 0.713. The number of hydrogen-bond acceptors (Lipinski definition) is 1. The fraction of sp³-hybridized carbons (Fsp3) is 0.00826. The number of para-hydroxylation sites is 16. The summed E-state index contributed by atoms with van der Waals surface area (Å²) in [4.78, 5) is 0. The lowest BCUT2D eigenvalue weighted by molar-refractivity contribution is 1.08. The van der Waals surface area contributed by atoms with E-state index < -0.39 is 0 Å². The molecule has 0 saturated heterocycles. The lowest BCUT2D eigenvalue weighted by Crippen LogP contribution is -2.04. The van der Waals surface area contributed by atoms with Gasteiger partial charge >= 0.3 is 0 Å². The highest BCUT2D eigenvalue weighted by molar-refractivity contribution is 9.10. The number of nitrogens with zero attached hydrogens (tertiary/aromatic N) is 8. The summed E-state index contributed by atoms with van der Waals surface area (Å²) < 4.78 is 20.3. The molecule has 0 bridgehead atoms. The summed E-state index contributed by atoms with van der Waals surface area (Å²) in [6.45, 7) is 0. The summed E-state index contributed by atoms with van der Waals surface area (Å²) in [5, 5.41) is 20.1. The Morgan fingerprint density at radius 2 is 0.260 bits per heavy atom. The van der Waals surface area contributed by atoms with Gasteiger partial charge in [-0.05, 0) is 187 Å². The van der Waals surface area contributed by atoms with Crippen LogP contribution >= 0.6 is 15.9 Å². The topological polar surface area (TPSA) is 65.5 Å². The van der Waals surface area contributed by atoms with E-state index in [2.05, 4.69) is 514 Å². The number of hydrogen-bond donors (Lipinski definition) is 1. The molecule has 0 radical (unpaired) electrons. The standard InChI is InChI=1S/C61H40N4.C30H19BrN2.C30H21N3/c1-9-25-54-46(17-1)47-18-2-10-26-55(47)62(54)42-34-40(35-43(38-42)63-56-27-11-3-19-48(56)49-20-4-12-28-57(49)63)33-41-36-44(64-58-29-13-5-21-50(58)51-22-6-14-30-59(51)64)39-45(37-41)65-60-31-15-7-23-52(60)53-24-8-16-32-61(53)65;2*31-20-17-21(32-27-13-5-1-9-23(27)24-10-2-6-14-28(24)32)19-22(18-20)33-29-15-7-3-11-25(29)26-12-4-8-16-30(26)33/h1-32,34-39H,33H2;1-19H;1-19H,31H2. The zero-order valence-corrected chi connectivity index (χ0v) is 72.7. The molecule has 2 N–H and O–H groups in total. The Bertz CT molecular complexity index is 8040. The van der Waals surface area contributed by atoms with Gasteiger partial charge in [-0.25, -0.2) is 0 Å². The molecule has 0 spiro atoms. The Morgan fingerprint density at radius 3 is 0.397 bits per heavy atom. The van der Waals surface area contributed by atoms with E-state index in [1.165, 1.54) is 186 Å². The average Bonchev–Trinajstić information content (AvgIpc) is 1.58. The molecule has 131 heavy (non-hydrogen) atoms. The molecule has 0 fully saturated rings. The minimum atomic E-state index is 0.713. The number of fused-ring (bicyclic) bond motifs is 24. The molecular formula is C121H80BrN9. The zero-order valence-electron chi connectivity index (χ0n) is 71.1. The van der Waals surface area contributed by atoms with E-state index in [0.29, 0.717) is 6.42 Å². The number of halogens is 1. The van der Waals surface area contributed by atoms with Gasteiger partial charge in [0.15, 0.2) is 0 Å². The first-order valence-corrected chi connectivity index (χ1v) is 45.5. The second kappa shape index (κ2) is 30.4. The van der Waals surface area contributed by atoms with E-state index in [9.17, 15) is 0 Å². The molecule has 28 aromatic rings. The number of aromatic nitrogens is 8. The van der Waals surface area contributed by atoms with E-state index in [1.54, 1.807) is 0 Å². The van der Waals surface area contributed by atoms with Gasteiger partial charge in [-0.15, -0.1) is 0 Å². The smallest absolute Gasteiger partial charge is 0.0541 e. The van der Waals surface area contributed by atoms with Crippen molar-refractivity contribution < 1.29 is 0 Å². The van der Waals surface area contributed by atoms with Gasteiger partial charge in [0.2, 0.25) is 0 Å². The molecule has 9 nitrogen and oxygen atoms in total. The van der Waals surface area contributed by atoms with Crippen LogP contribution in [0.25, 0.3) is 220 Å². The third-order valence-corrected chi connectivity index (χ3v) is 27.3. The minimum Gasteiger partial charge on any atom is -0.399 e. The number of nitrogens with two attached hydrogens (primary N) is 1. The Kier molecular flexibility index (Phi) is 17.5. The van der Waals surface area contributed by atoms with Crippen LogP contribution in [0.1, 0.15) is 11.1 Å². The number of rotatable bonds is 10. The molecule has 0 saturated carbocycles. The van der Waals surface area contributed by atoms with Crippen molar-refractivity contribution in [3.63, 3.8) is 0 Å². The Balaban J connectivity index is 0.000000114. The lowest BCUT2D eigenvalue weighted by atomic mass is 10.0. The number of nitrogen functional groups attached to an aromatic ring is 1. The molecular weight excluding hydrogens is 1660 g/mol. The maximum atomic E-state index is 6.52. The third-order valence-electron chi connectivity index (χ3n) is 26.8. The van der Waals surface area contributed by atoms with Crippen LogP contribution in [-0.2, 0) is 6.42 Å². The fourth-order valence-electron chi connectivity index (χ4n) is 21.6. The molecule has 0 amide bonds. The van der Waals surface area contributed by atoms with Crippen LogP contribution in [0.3, 0.4) is 0 Å². The number of anilines is 1. The third kappa shape index (κ3) is 12.1. The largest absolute Gasteiger partial charge is 0.399 e. The van der Waals surface area contributed by atoms with Gasteiger partial charge in [0, 0.05) is 130 Å². The molecule has 0 aliphatic carbocycles. The maximum Gasteiger partial charge on any atom is 0.0541 e. The van der Waals surface area contributed by atoms with Crippen LogP contribution in [0.2, 0.25) is 0 Å². The molecule has 0 aliphatic heterocycles. The summed E-state index contributed by atoms with van der Waals surface area (Å²) in [7, 11) is 0. The monoisotopic (exact) mass is 1740 g/mol. The maximum absolute atomic E-state index is 6.52. The van der Waals surface area contributed by atoms with Gasteiger partial charge in [0.25, 0.3) is 0 Å². The molecule has 0 atom stereocenters. The highest BCUT2D eigenvalue weighted by Gasteiger charge is 2.24. The summed E-state index contributed by atoms with van der Waals surface area (Å²) in [5.74, 6) is 0. The highest BCUT2D eigenvalue weighted by atomic mass is 79.9. The van der Waals surface area contributed by atoms with Crippen molar-refractivity contribution in [1.29, 1.82) is 0 Å². The van der Waals surface area contributed by atoms with Crippen LogP contribution in [0, 0.1) is 0 Å². The highest BCUT2D eigenvalue weighted by Crippen LogP contribution is 2.44. The molecule has 10 heteroatoms. The molecule has 0 aliphatic rings. The van der Waals surface area contributed by atoms with Gasteiger partial charge in [-0.2, -0.15) is 0 Å². The minimum absolute atomic E-state index is 0.713. The van der Waals surface area contributed by atoms with Crippen molar-refractivity contribution in [3.8, 4) is 45.5 Å². The van der Waals surface area contributed by atoms with Gasteiger partial charge in [-0.3, -0.25) is 0 Å². The van der Waals surface area contributed by atoms with Crippen LogP contribution in [0.5, 0.6) is 0 Å². The Labute approximate surface area is 761 Å². The summed E-state index contributed by atoms with van der Waals surface area (Å²) in [6, 6.07) is 167. The van der Waals surface area contributed by atoms with Crippen LogP contribution in [0.4, 0.5) is 5.69 Å². The predicted octanol–water partition coefficient (Wildman–Crippen LogP) is 31.8. The Morgan fingerprint density at radius 1 is 0.145 bits per heavy atom. The second-order valence-corrected chi connectivity index (χ2v) is 35.2. The van der Waals surface area contributed by atoms with Crippen molar-refractivity contribution in [2.75, 3.05) is 5.73 Å². The summed E-state index contributed by atoms with van der Waals surface area (Å²) in [5.41, 5.74) is 37.8. The van der Waals surface area contributed by atoms with Crippen molar-refractivity contribution in [2.45, 2.75) is 6.42 Å². The lowest BCUT2D eigenvalue weighted by Gasteiger charge is -2.18. The van der Waals surface area contributed by atoms with E-state index in [1.807, 2.05) is 0 Å². The SMILES string of the molecule is Brc1cc(-n2c3ccccc3c3ccccc32)cc(-n2c3ccccc3c3ccccc32)c1.Nc1cc(-n2c3ccccc3c3ccccc32)cc(-n2c3ccccc3c3ccccc32)c1.c1ccc2c(c1)c1ccccc1n2-c1cc(Cc2cc(-n3c4ccccc4c4ccccc43)cc(-n3c4ccccc4c4ccccc43)c2)cc(-n2c3ccccc3c3ccccc32)c1. The quantitative estimate of drug-likeness (QED) is 0.136. The van der Waals surface area contributed by atoms with Gasteiger partial charge < -0.3 is 42.3 Å². The molecule has 20 aromatic carbocycles. The van der Waals surface area contributed by atoms with Crippen molar-refractivity contribution in [2.24, 2.45) is 0 Å². The molecule has 0 unspecified atom stereocenters. The van der Waals surface area contributed by atoms with Gasteiger partial charge in [0.05, 0.1) is 99.6 Å². The number of benzene rings is 20. The normalized spacial score (nSPS) is 11.9. The fourth-order valence-corrected chi connectivity index (χ4v) is 22.0. The molecule has 28 rings (SSSR count). The Hall–Kier alpha value is -16.9. The van der Waals surface area contributed by atoms with Crippen molar-refractivity contribution in [1.82, 2.24) is 36.5 Å². The summed E-state index contributed by atoms with van der Waals surface area (Å²) >= 11 is 3.81. The van der Waals surface area contributed by atoms with Crippen LogP contribution < -0.4 is 5.73 Å². The van der Waals surface area contributed by atoms with Crippen LogP contribution in [0.15, 0.2) is 466 Å². The zero-order chi connectivity index (χ0) is 86.5. The van der Waals surface area contributed by atoms with E-state index in [0.717, 1.165) is 55.7 Å². The van der Waals surface area contributed by atoms with E-state index in [-0.39, 0.29) is 0 Å². The van der Waals surface area contributed by atoms with Gasteiger partial charge in [-0.1, -0.05) is 307 Å². The predicted molar refractivity (Wildman–Crippen MR) is 555 cm³/mol. The van der Waals surface area contributed by atoms with Crippen LogP contribution in [-0.4, -0.2) is 36.5 Å². The first-order valence-electron chi connectivity index (χ1n) is 44.7. The average molecular weight is 1740 g/mol. The first-order chi connectivity index (χ1) is 64.8. The van der Waals surface area contributed by atoms with E-state index >= 15 is 0 Å². The van der Waals surface area contributed by atoms with Crippen molar-refractivity contribution in [3.05, 3.63) is 477 Å². The second-order valence-electron chi connectivity index (χ2n) is 34.3. The molecule has 8 heterocycles. The van der Waals surface area contributed by atoms with Gasteiger partial charge in [0.1, 0.15) is 0 Å². The van der Waals surface area contributed by atoms with E-state index in [4.69, 9.17) is 5.73 Å². The first kappa shape index (κ1) is 75.4. The molecule has 8 aromatic heterocycles. The molecule has 616 valence electrons.